The van der Waals surface area contributed by atoms with Gasteiger partial charge in [-0.05, 0) is 38.5 Å². The van der Waals surface area contributed by atoms with Crippen molar-refractivity contribution < 1.29 is 50.0 Å². The minimum atomic E-state index is -1.66. The van der Waals surface area contributed by atoms with Crippen molar-refractivity contribution in [3.63, 3.8) is 0 Å². The van der Waals surface area contributed by atoms with Gasteiger partial charge in [0.2, 0.25) is 5.91 Å². The second kappa shape index (κ2) is 33.9. The lowest BCUT2D eigenvalue weighted by Gasteiger charge is -2.40. The quantitative estimate of drug-likeness (QED) is 0.0258. The zero-order valence-electron chi connectivity index (χ0n) is 34.2. The van der Waals surface area contributed by atoms with E-state index in [0.29, 0.717) is 12.8 Å². The molecule has 11 nitrogen and oxygen atoms in total. The zero-order valence-corrected chi connectivity index (χ0v) is 34.2. The van der Waals surface area contributed by atoms with Crippen LogP contribution in [0.5, 0.6) is 0 Å². The van der Waals surface area contributed by atoms with E-state index in [1.807, 2.05) is 0 Å². The summed E-state index contributed by atoms with van der Waals surface area (Å²) >= 11 is 0. The summed E-state index contributed by atoms with van der Waals surface area (Å²) in [7, 11) is 0. The van der Waals surface area contributed by atoms with Crippen molar-refractivity contribution in [2.24, 2.45) is 0 Å². The van der Waals surface area contributed by atoms with Crippen LogP contribution < -0.4 is 5.32 Å². The molecule has 0 aromatic carbocycles. The molecule has 320 valence electrons. The maximum atomic E-state index is 13.0. The van der Waals surface area contributed by atoms with E-state index in [9.17, 15) is 40.5 Å². The third-order valence-corrected chi connectivity index (χ3v) is 10.8. The van der Waals surface area contributed by atoms with E-state index in [1.54, 1.807) is 0 Å². The molecule has 9 atom stereocenters. The van der Waals surface area contributed by atoms with Gasteiger partial charge in [0.25, 0.3) is 0 Å². The number of aliphatic hydroxyl groups excluding tert-OH is 7. The fourth-order valence-corrected chi connectivity index (χ4v) is 7.09. The monoisotopic (exact) mass is 774 g/mol. The summed E-state index contributed by atoms with van der Waals surface area (Å²) in [6.07, 6.45) is 22.7. The van der Waals surface area contributed by atoms with Crippen LogP contribution in [0.1, 0.15) is 187 Å². The topological polar surface area (TPSA) is 189 Å². The lowest BCUT2D eigenvalue weighted by molar-refractivity contribution is -0.303. The Morgan fingerprint density at radius 1 is 0.630 bits per heavy atom. The van der Waals surface area contributed by atoms with E-state index < -0.39 is 74.2 Å². The van der Waals surface area contributed by atoms with E-state index in [-0.39, 0.29) is 12.8 Å². The molecule has 0 radical (unpaired) electrons. The van der Waals surface area contributed by atoms with E-state index in [0.717, 1.165) is 38.5 Å². The average molecular weight is 774 g/mol. The van der Waals surface area contributed by atoms with Crippen molar-refractivity contribution in [2.75, 3.05) is 13.2 Å². The molecular formula is C43H83NO10. The van der Waals surface area contributed by atoms with Crippen molar-refractivity contribution in [2.45, 2.75) is 242 Å². The van der Waals surface area contributed by atoms with Gasteiger partial charge in [-0.2, -0.15) is 0 Å². The molecule has 0 aromatic heterocycles. The van der Waals surface area contributed by atoms with E-state index in [4.69, 9.17) is 9.47 Å². The standard InChI is InChI=1S/C43H83NO10/c1-3-5-7-9-11-13-15-16-17-18-19-21-23-25-27-29-31-36(47)42(52)44-34(33-53-43-41(51)40(50)39(49)37(32-45)54-43)38(48)35(46)30-28-26-24-22-20-14-12-10-8-6-4-2/h22,24,34-41,43,45-51H,3-21,23,25-33H2,1-2H3,(H,44,52)/b24-22+. The molecule has 0 spiro atoms. The summed E-state index contributed by atoms with van der Waals surface area (Å²) < 4.78 is 11.0. The Morgan fingerprint density at radius 2 is 1.09 bits per heavy atom. The number of ether oxygens (including phenoxy) is 2. The molecule has 9 unspecified atom stereocenters. The van der Waals surface area contributed by atoms with Gasteiger partial charge in [0, 0.05) is 0 Å². The van der Waals surface area contributed by atoms with Gasteiger partial charge in [-0.15, -0.1) is 0 Å². The number of hydrogen-bond donors (Lipinski definition) is 8. The highest BCUT2D eigenvalue weighted by Crippen LogP contribution is 2.23. The van der Waals surface area contributed by atoms with Crippen LogP contribution in [0.2, 0.25) is 0 Å². The van der Waals surface area contributed by atoms with Crippen LogP contribution in [0, 0.1) is 0 Å². The zero-order chi connectivity index (χ0) is 39.8. The largest absolute Gasteiger partial charge is 0.394 e. The summed E-state index contributed by atoms with van der Waals surface area (Å²) in [6, 6.07) is -1.18. The summed E-state index contributed by atoms with van der Waals surface area (Å²) in [6.45, 7) is 3.39. The fourth-order valence-electron chi connectivity index (χ4n) is 7.09. The Morgan fingerprint density at radius 3 is 1.59 bits per heavy atom. The maximum absolute atomic E-state index is 13.0. The maximum Gasteiger partial charge on any atom is 0.249 e. The highest BCUT2D eigenvalue weighted by Gasteiger charge is 2.44. The molecule has 8 N–H and O–H groups in total. The molecule has 54 heavy (non-hydrogen) atoms. The van der Waals surface area contributed by atoms with Crippen LogP contribution in [-0.2, 0) is 14.3 Å². The first-order chi connectivity index (χ1) is 26.2. The third kappa shape index (κ3) is 23.8. The molecule has 1 saturated heterocycles. The van der Waals surface area contributed by atoms with Gasteiger partial charge in [0.05, 0.1) is 25.4 Å². The number of amides is 1. The number of nitrogens with one attached hydrogen (secondary N) is 1. The van der Waals surface area contributed by atoms with Gasteiger partial charge >= 0.3 is 0 Å². The van der Waals surface area contributed by atoms with Crippen LogP contribution in [0.25, 0.3) is 0 Å². The van der Waals surface area contributed by atoms with Crippen LogP contribution in [-0.4, -0.2) is 110 Å². The van der Waals surface area contributed by atoms with Gasteiger partial charge in [-0.25, -0.2) is 0 Å². The second-order valence-corrected chi connectivity index (χ2v) is 15.8. The van der Waals surface area contributed by atoms with Gasteiger partial charge in [0.1, 0.15) is 36.6 Å². The Bertz CT molecular complexity index is 892. The molecule has 1 heterocycles. The summed E-state index contributed by atoms with van der Waals surface area (Å²) in [4.78, 5) is 13.0. The van der Waals surface area contributed by atoms with Crippen molar-refractivity contribution in [1.29, 1.82) is 0 Å². The average Bonchev–Trinajstić information content (AvgIpc) is 3.17. The van der Waals surface area contributed by atoms with Crippen molar-refractivity contribution in [3.05, 3.63) is 12.2 Å². The first kappa shape index (κ1) is 50.9. The molecule has 1 amide bonds. The highest BCUT2D eigenvalue weighted by atomic mass is 16.7. The number of carbonyl (C=O) groups is 1. The predicted molar refractivity (Wildman–Crippen MR) is 215 cm³/mol. The molecule has 1 aliphatic rings. The number of carbonyl (C=O) groups excluding carboxylic acids is 1. The predicted octanol–water partition coefficient (Wildman–Crippen LogP) is 6.50. The molecule has 0 saturated carbocycles. The van der Waals surface area contributed by atoms with E-state index in [1.165, 1.54) is 109 Å². The number of allylic oxidation sites excluding steroid dienone is 2. The smallest absolute Gasteiger partial charge is 0.249 e. The van der Waals surface area contributed by atoms with Gasteiger partial charge in [-0.1, -0.05) is 161 Å². The van der Waals surface area contributed by atoms with Gasteiger partial charge in [0.15, 0.2) is 6.29 Å². The molecule has 0 aliphatic carbocycles. The summed E-state index contributed by atoms with van der Waals surface area (Å²) in [5.41, 5.74) is 0. The number of rotatable bonds is 36. The first-order valence-electron chi connectivity index (χ1n) is 22.1. The molecular weight excluding hydrogens is 690 g/mol. The van der Waals surface area contributed by atoms with Crippen molar-refractivity contribution in [1.82, 2.24) is 5.32 Å². The Hall–Kier alpha value is -1.15. The lowest BCUT2D eigenvalue weighted by atomic mass is 9.98. The molecule has 1 rings (SSSR count). The van der Waals surface area contributed by atoms with Crippen molar-refractivity contribution in [3.8, 4) is 0 Å². The number of unbranched alkanes of at least 4 members (excludes halogenated alkanes) is 22. The Kier molecular flexibility index (Phi) is 32.0. The first-order valence-corrected chi connectivity index (χ1v) is 22.1. The van der Waals surface area contributed by atoms with Crippen LogP contribution >= 0.6 is 0 Å². The van der Waals surface area contributed by atoms with Crippen molar-refractivity contribution >= 4 is 5.91 Å². The van der Waals surface area contributed by atoms with Crippen LogP contribution in [0.3, 0.4) is 0 Å². The summed E-state index contributed by atoms with van der Waals surface area (Å²) in [5, 5.41) is 75.4. The number of aliphatic hydroxyl groups is 7. The Labute approximate surface area is 328 Å². The fraction of sp³-hybridized carbons (Fsp3) is 0.930. The van der Waals surface area contributed by atoms with E-state index in [2.05, 4.69) is 31.3 Å². The lowest BCUT2D eigenvalue weighted by Crippen LogP contribution is -2.60. The normalized spacial score (nSPS) is 22.7. The van der Waals surface area contributed by atoms with Crippen LogP contribution in [0.15, 0.2) is 12.2 Å². The summed E-state index contributed by atoms with van der Waals surface area (Å²) in [5.74, 6) is -0.706. The third-order valence-electron chi connectivity index (χ3n) is 10.8. The van der Waals surface area contributed by atoms with Gasteiger partial charge < -0.3 is 50.5 Å². The molecule has 0 bridgehead atoms. The number of hydrogen-bond acceptors (Lipinski definition) is 10. The SMILES string of the molecule is CCCCCCCC/C=C/CCCC(O)C(O)C(COC1OC(CO)C(O)C(O)C1O)NC(=O)C(O)CCCCCCCCCCCCCCCCCC. The van der Waals surface area contributed by atoms with E-state index >= 15 is 0 Å². The van der Waals surface area contributed by atoms with Gasteiger partial charge in [-0.3, -0.25) is 4.79 Å². The molecule has 11 heteroatoms. The minimum Gasteiger partial charge on any atom is -0.394 e. The Balaban J connectivity index is 2.48. The molecule has 0 aromatic rings. The minimum absolute atomic E-state index is 0.258. The molecule has 1 aliphatic heterocycles. The highest BCUT2D eigenvalue weighted by molar-refractivity contribution is 5.80. The molecule has 1 fully saturated rings. The second-order valence-electron chi connectivity index (χ2n) is 15.8. The van der Waals surface area contributed by atoms with Crippen LogP contribution in [0.4, 0.5) is 0 Å².